The molecule has 1 heterocycles. The molecule has 1 aliphatic rings. The Labute approximate surface area is 109 Å². The van der Waals surface area contributed by atoms with Crippen LogP contribution in [0.1, 0.15) is 38.3 Å². The fourth-order valence-corrected chi connectivity index (χ4v) is 2.32. The zero-order valence-electron chi connectivity index (χ0n) is 11.5. The van der Waals surface area contributed by atoms with Crippen LogP contribution in [0.15, 0.2) is 18.2 Å². The third kappa shape index (κ3) is 3.47. The molecule has 0 fully saturated rings. The number of benzene rings is 1. The summed E-state index contributed by atoms with van der Waals surface area (Å²) in [6, 6.07) is 6.39. The van der Waals surface area contributed by atoms with E-state index in [0.29, 0.717) is 0 Å². The highest BCUT2D eigenvalue weighted by Crippen LogP contribution is 2.35. The van der Waals surface area contributed by atoms with E-state index in [1.54, 1.807) is 0 Å². The summed E-state index contributed by atoms with van der Waals surface area (Å²) in [7, 11) is 0. The normalized spacial score (nSPS) is 18.2. The molecule has 1 aliphatic heterocycles. The van der Waals surface area contributed by atoms with Crippen molar-refractivity contribution in [2.75, 3.05) is 6.54 Å². The second kappa shape index (κ2) is 5.29. The van der Waals surface area contributed by atoms with Crippen molar-refractivity contribution in [2.24, 2.45) is 0 Å². The Morgan fingerprint density at radius 2 is 2.22 bits per heavy atom. The van der Waals surface area contributed by atoms with Crippen molar-refractivity contribution in [3.05, 3.63) is 29.3 Å². The molecule has 0 spiro atoms. The van der Waals surface area contributed by atoms with Crippen molar-refractivity contribution in [3.63, 3.8) is 0 Å². The SMILES string of the molecule is CC(O)CCNCc1ccc2c(c1)CC(C)(C)O2. The smallest absolute Gasteiger partial charge is 0.123 e. The summed E-state index contributed by atoms with van der Waals surface area (Å²) in [5.41, 5.74) is 2.51. The number of rotatable bonds is 5. The van der Waals surface area contributed by atoms with E-state index < -0.39 is 0 Å². The van der Waals surface area contributed by atoms with Crippen LogP contribution in [0.25, 0.3) is 0 Å². The van der Waals surface area contributed by atoms with Gasteiger partial charge in [-0.05, 0) is 50.9 Å². The Morgan fingerprint density at radius 1 is 1.44 bits per heavy atom. The summed E-state index contributed by atoms with van der Waals surface area (Å²) in [5, 5.41) is 12.5. The highest BCUT2D eigenvalue weighted by atomic mass is 16.5. The van der Waals surface area contributed by atoms with Crippen LogP contribution >= 0.6 is 0 Å². The van der Waals surface area contributed by atoms with Gasteiger partial charge in [0.15, 0.2) is 0 Å². The Bertz CT molecular complexity index is 413. The first-order chi connectivity index (χ1) is 8.46. The van der Waals surface area contributed by atoms with Gasteiger partial charge < -0.3 is 15.2 Å². The second-order valence-electron chi connectivity index (χ2n) is 5.80. The Hall–Kier alpha value is -1.06. The van der Waals surface area contributed by atoms with E-state index in [2.05, 4.69) is 37.4 Å². The van der Waals surface area contributed by atoms with Crippen LogP contribution in [0, 0.1) is 0 Å². The van der Waals surface area contributed by atoms with Crippen LogP contribution in [0.4, 0.5) is 0 Å². The van der Waals surface area contributed by atoms with Crippen LogP contribution < -0.4 is 10.1 Å². The van der Waals surface area contributed by atoms with Crippen LogP contribution in [0.3, 0.4) is 0 Å². The zero-order valence-corrected chi connectivity index (χ0v) is 11.5. The lowest BCUT2D eigenvalue weighted by Crippen LogP contribution is -2.24. The number of aliphatic hydroxyl groups excluding tert-OH is 1. The van der Waals surface area contributed by atoms with Crippen molar-refractivity contribution in [1.82, 2.24) is 5.32 Å². The van der Waals surface area contributed by atoms with Gasteiger partial charge in [-0.2, -0.15) is 0 Å². The minimum absolute atomic E-state index is 0.0687. The van der Waals surface area contributed by atoms with Gasteiger partial charge in [-0.1, -0.05) is 12.1 Å². The van der Waals surface area contributed by atoms with Gasteiger partial charge >= 0.3 is 0 Å². The third-order valence-corrected chi connectivity index (χ3v) is 3.20. The van der Waals surface area contributed by atoms with Gasteiger partial charge in [0.05, 0.1) is 6.10 Å². The van der Waals surface area contributed by atoms with E-state index in [1.165, 1.54) is 11.1 Å². The molecular weight excluding hydrogens is 226 g/mol. The Morgan fingerprint density at radius 3 is 2.94 bits per heavy atom. The number of hydrogen-bond donors (Lipinski definition) is 2. The molecule has 0 radical (unpaired) electrons. The molecule has 3 heteroatoms. The van der Waals surface area contributed by atoms with Crippen LogP contribution in [-0.4, -0.2) is 23.4 Å². The first-order valence-electron chi connectivity index (χ1n) is 6.66. The fraction of sp³-hybridized carbons (Fsp3) is 0.600. The van der Waals surface area contributed by atoms with Crippen molar-refractivity contribution in [1.29, 1.82) is 0 Å². The zero-order chi connectivity index (χ0) is 13.2. The van der Waals surface area contributed by atoms with E-state index in [4.69, 9.17) is 4.74 Å². The first kappa shape index (κ1) is 13.4. The number of hydrogen-bond acceptors (Lipinski definition) is 3. The maximum atomic E-state index is 9.18. The largest absolute Gasteiger partial charge is 0.487 e. The average molecular weight is 249 g/mol. The molecule has 0 saturated carbocycles. The van der Waals surface area contributed by atoms with Gasteiger partial charge in [0.25, 0.3) is 0 Å². The van der Waals surface area contributed by atoms with Crippen molar-refractivity contribution in [2.45, 2.75) is 51.9 Å². The quantitative estimate of drug-likeness (QED) is 0.787. The minimum atomic E-state index is -0.230. The molecular formula is C15H23NO2. The molecule has 0 saturated heterocycles. The third-order valence-electron chi connectivity index (χ3n) is 3.20. The highest BCUT2D eigenvalue weighted by molar-refractivity contribution is 5.41. The van der Waals surface area contributed by atoms with Gasteiger partial charge in [0.2, 0.25) is 0 Å². The Kier molecular flexibility index (Phi) is 3.93. The van der Waals surface area contributed by atoms with Gasteiger partial charge in [-0.15, -0.1) is 0 Å². The molecule has 2 rings (SSSR count). The lowest BCUT2D eigenvalue weighted by Gasteiger charge is -2.16. The topological polar surface area (TPSA) is 41.5 Å². The fourth-order valence-electron chi connectivity index (χ4n) is 2.32. The number of fused-ring (bicyclic) bond motifs is 1. The van der Waals surface area contributed by atoms with E-state index in [1.807, 2.05) is 6.92 Å². The maximum Gasteiger partial charge on any atom is 0.123 e. The van der Waals surface area contributed by atoms with Gasteiger partial charge in [0.1, 0.15) is 11.4 Å². The monoisotopic (exact) mass is 249 g/mol. The maximum absolute atomic E-state index is 9.18. The minimum Gasteiger partial charge on any atom is -0.487 e. The van der Waals surface area contributed by atoms with Crippen molar-refractivity contribution < 1.29 is 9.84 Å². The summed E-state index contributed by atoms with van der Waals surface area (Å²) in [5.74, 6) is 1.02. The lowest BCUT2D eigenvalue weighted by molar-refractivity contribution is 0.138. The summed E-state index contributed by atoms with van der Waals surface area (Å²) >= 11 is 0. The molecule has 1 unspecified atom stereocenters. The van der Waals surface area contributed by atoms with E-state index in [9.17, 15) is 5.11 Å². The molecule has 0 amide bonds. The molecule has 2 N–H and O–H groups in total. The average Bonchev–Trinajstić information content (AvgIpc) is 2.57. The predicted molar refractivity (Wildman–Crippen MR) is 72.9 cm³/mol. The first-order valence-corrected chi connectivity index (χ1v) is 6.66. The van der Waals surface area contributed by atoms with Gasteiger partial charge in [0, 0.05) is 13.0 Å². The summed E-state index contributed by atoms with van der Waals surface area (Å²) in [6.07, 6.45) is 1.54. The Balaban J connectivity index is 1.89. The van der Waals surface area contributed by atoms with E-state index >= 15 is 0 Å². The van der Waals surface area contributed by atoms with Crippen LogP contribution in [0.2, 0.25) is 0 Å². The van der Waals surface area contributed by atoms with E-state index in [0.717, 1.165) is 31.7 Å². The molecule has 100 valence electrons. The second-order valence-corrected chi connectivity index (χ2v) is 5.80. The molecule has 3 nitrogen and oxygen atoms in total. The molecule has 0 aromatic heterocycles. The number of nitrogens with one attached hydrogen (secondary N) is 1. The van der Waals surface area contributed by atoms with Crippen molar-refractivity contribution >= 4 is 0 Å². The number of aliphatic hydroxyl groups is 1. The lowest BCUT2D eigenvalue weighted by atomic mass is 10.0. The van der Waals surface area contributed by atoms with Gasteiger partial charge in [-0.25, -0.2) is 0 Å². The predicted octanol–water partition coefficient (Wildman–Crippen LogP) is 2.26. The summed E-state index contributed by atoms with van der Waals surface area (Å²) in [6.45, 7) is 7.74. The molecule has 0 aliphatic carbocycles. The molecule has 1 aromatic carbocycles. The molecule has 0 bridgehead atoms. The standard InChI is InChI=1S/C15H23NO2/c1-11(17)6-7-16-10-12-4-5-14-13(8-12)9-15(2,3)18-14/h4-5,8,11,16-17H,6-7,9-10H2,1-3H3. The van der Waals surface area contributed by atoms with Crippen LogP contribution in [0.5, 0.6) is 5.75 Å². The molecule has 1 aromatic rings. The van der Waals surface area contributed by atoms with Crippen LogP contribution in [-0.2, 0) is 13.0 Å². The van der Waals surface area contributed by atoms with Gasteiger partial charge in [-0.3, -0.25) is 0 Å². The molecule has 18 heavy (non-hydrogen) atoms. The van der Waals surface area contributed by atoms with Crippen molar-refractivity contribution in [3.8, 4) is 5.75 Å². The summed E-state index contributed by atoms with van der Waals surface area (Å²) < 4.78 is 5.85. The van der Waals surface area contributed by atoms with E-state index in [-0.39, 0.29) is 11.7 Å². The highest BCUT2D eigenvalue weighted by Gasteiger charge is 2.29. The molecule has 1 atom stereocenters. The number of ether oxygens (including phenoxy) is 1. The summed E-state index contributed by atoms with van der Waals surface area (Å²) in [4.78, 5) is 0.